The van der Waals surface area contributed by atoms with Gasteiger partial charge in [0.05, 0.1) is 13.0 Å². The van der Waals surface area contributed by atoms with Crippen LogP contribution in [0.3, 0.4) is 0 Å². The molecule has 0 heterocycles. The van der Waals surface area contributed by atoms with Gasteiger partial charge in [0.25, 0.3) is 0 Å². The first-order valence-corrected chi connectivity index (χ1v) is 7.25. The predicted molar refractivity (Wildman–Crippen MR) is 72.0 cm³/mol. The minimum absolute atomic E-state index is 0.0112. The predicted octanol–water partition coefficient (Wildman–Crippen LogP) is 2.89. The standard InChI is InChI=1S/C14H25NO4/c1-3-15(14(18)19-4-2)12(10-13(16)17)11-8-6-5-7-9-11/h11-12H,3-10H2,1-2H3,(H,16,17). The highest BCUT2D eigenvalue weighted by Gasteiger charge is 2.33. The molecule has 0 aromatic rings. The summed E-state index contributed by atoms with van der Waals surface area (Å²) >= 11 is 0. The van der Waals surface area contributed by atoms with E-state index in [-0.39, 0.29) is 24.5 Å². The van der Waals surface area contributed by atoms with Crippen molar-refractivity contribution < 1.29 is 19.4 Å². The lowest BCUT2D eigenvalue weighted by Gasteiger charge is -2.36. The average Bonchev–Trinajstić information content (AvgIpc) is 2.39. The van der Waals surface area contributed by atoms with Crippen molar-refractivity contribution in [2.24, 2.45) is 5.92 Å². The van der Waals surface area contributed by atoms with Gasteiger partial charge in [-0.25, -0.2) is 4.79 Å². The van der Waals surface area contributed by atoms with E-state index in [4.69, 9.17) is 9.84 Å². The van der Waals surface area contributed by atoms with Crippen LogP contribution in [0.2, 0.25) is 0 Å². The molecule has 1 atom stereocenters. The second-order valence-electron chi connectivity index (χ2n) is 5.05. The molecule has 5 nitrogen and oxygen atoms in total. The lowest BCUT2D eigenvalue weighted by Crippen LogP contribution is -2.46. The number of amides is 1. The van der Waals surface area contributed by atoms with E-state index in [0.29, 0.717) is 13.2 Å². The smallest absolute Gasteiger partial charge is 0.410 e. The van der Waals surface area contributed by atoms with Gasteiger partial charge in [-0.2, -0.15) is 0 Å². The van der Waals surface area contributed by atoms with E-state index in [0.717, 1.165) is 25.7 Å². The van der Waals surface area contributed by atoms with E-state index in [1.165, 1.54) is 6.42 Å². The summed E-state index contributed by atoms with van der Waals surface area (Å²) in [7, 11) is 0. The number of ether oxygens (including phenoxy) is 1. The largest absolute Gasteiger partial charge is 0.481 e. The van der Waals surface area contributed by atoms with Crippen molar-refractivity contribution >= 4 is 12.1 Å². The van der Waals surface area contributed by atoms with Crippen LogP contribution in [-0.4, -0.2) is 41.3 Å². The zero-order chi connectivity index (χ0) is 14.3. The van der Waals surface area contributed by atoms with Crippen LogP contribution in [0.1, 0.15) is 52.4 Å². The zero-order valence-electron chi connectivity index (χ0n) is 11.9. The van der Waals surface area contributed by atoms with Gasteiger partial charge in [0, 0.05) is 12.6 Å². The zero-order valence-corrected chi connectivity index (χ0v) is 11.9. The molecular formula is C14H25NO4. The van der Waals surface area contributed by atoms with Crippen LogP contribution < -0.4 is 0 Å². The lowest BCUT2D eigenvalue weighted by atomic mass is 9.82. The van der Waals surface area contributed by atoms with Gasteiger partial charge in [0.15, 0.2) is 0 Å². The third-order valence-electron chi connectivity index (χ3n) is 3.82. The van der Waals surface area contributed by atoms with E-state index in [1.807, 2.05) is 6.92 Å². The molecule has 110 valence electrons. The highest BCUT2D eigenvalue weighted by Crippen LogP contribution is 2.31. The molecule has 5 heteroatoms. The van der Waals surface area contributed by atoms with Crippen LogP contribution in [-0.2, 0) is 9.53 Å². The Labute approximate surface area is 114 Å². The second kappa shape index (κ2) is 8.02. The molecule has 19 heavy (non-hydrogen) atoms. The number of carbonyl (C=O) groups excluding carboxylic acids is 1. The van der Waals surface area contributed by atoms with Gasteiger partial charge in [-0.3, -0.25) is 4.79 Å². The summed E-state index contributed by atoms with van der Waals surface area (Å²) < 4.78 is 5.04. The molecule has 1 rings (SSSR count). The highest BCUT2D eigenvalue weighted by atomic mass is 16.6. The first kappa shape index (κ1) is 15.8. The quantitative estimate of drug-likeness (QED) is 0.806. The summed E-state index contributed by atoms with van der Waals surface area (Å²) in [5, 5.41) is 9.09. The van der Waals surface area contributed by atoms with Gasteiger partial charge in [-0.05, 0) is 32.6 Å². The first-order chi connectivity index (χ1) is 9.10. The van der Waals surface area contributed by atoms with Crippen LogP contribution in [0.15, 0.2) is 0 Å². The number of hydrogen-bond donors (Lipinski definition) is 1. The maximum absolute atomic E-state index is 12.0. The number of aliphatic carboxylic acids is 1. The molecule has 1 N–H and O–H groups in total. The van der Waals surface area contributed by atoms with E-state index in [2.05, 4.69) is 0 Å². The number of carboxylic acids is 1. The van der Waals surface area contributed by atoms with Gasteiger partial charge >= 0.3 is 12.1 Å². The Bertz CT molecular complexity index is 300. The lowest BCUT2D eigenvalue weighted by molar-refractivity contribution is -0.138. The summed E-state index contributed by atoms with van der Waals surface area (Å²) in [5.41, 5.74) is 0. The van der Waals surface area contributed by atoms with Crippen molar-refractivity contribution in [2.75, 3.05) is 13.2 Å². The summed E-state index contributed by atoms with van der Waals surface area (Å²) in [6.45, 7) is 4.44. The molecule has 0 radical (unpaired) electrons. The Morgan fingerprint density at radius 1 is 1.26 bits per heavy atom. The molecule has 1 aliphatic rings. The maximum atomic E-state index is 12.0. The number of carbonyl (C=O) groups is 2. The molecule has 0 spiro atoms. The van der Waals surface area contributed by atoms with Gasteiger partial charge < -0.3 is 14.7 Å². The van der Waals surface area contributed by atoms with Crippen LogP contribution in [0.5, 0.6) is 0 Å². The number of hydrogen-bond acceptors (Lipinski definition) is 3. The maximum Gasteiger partial charge on any atom is 0.410 e. The van der Waals surface area contributed by atoms with Crippen molar-refractivity contribution in [3.8, 4) is 0 Å². The van der Waals surface area contributed by atoms with Crippen molar-refractivity contribution in [1.29, 1.82) is 0 Å². The van der Waals surface area contributed by atoms with Crippen molar-refractivity contribution in [2.45, 2.75) is 58.4 Å². The third-order valence-corrected chi connectivity index (χ3v) is 3.82. The Kier molecular flexibility index (Phi) is 6.67. The van der Waals surface area contributed by atoms with E-state index >= 15 is 0 Å². The molecule has 0 aliphatic heterocycles. The van der Waals surface area contributed by atoms with Crippen LogP contribution >= 0.6 is 0 Å². The normalized spacial score (nSPS) is 17.8. The minimum atomic E-state index is -0.849. The molecular weight excluding hydrogens is 246 g/mol. The molecule has 1 aliphatic carbocycles. The summed E-state index contributed by atoms with van der Waals surface area (Å²) in [6.07, 6.45) is 5.10. The summed E-state index contributed by atoms with van der Waals surface area (Å²) in [5.74, 6) is -0.562. The molecule has 0 bridgehead atoms. The molecule has 1 saturated carbocycles. The minimum Gasteiger partial charge on any atom is -0.481 e. The Morgan fingerprint density at radius 2 is 1.89 bits per heavy atom. The van der Waals surface area contributed by atoms with E-state index in [9.17, 15) is 9.59 Å². The fraction of sp³-hybridized carbons (Fsp3) is 0.857. The van der Waals surface area contributed by atoms with Gasteiger partial charge in [-0.1, -0.05) is 19.3 Å². The number of rotatable bonds is 6. The van der Waals surface area contributed by atoms with Crippen molar-refractivity contribution in [1.82, 2.24) is 4.90 Å². The first-order valence-electron chi connectivity index (χ1n) is 7.25. The van der Waals surface area contributed by atoms with Crippen LogP contribution in [0, 0.1) is 5.92 Å². The highest BCUT2D eigenvalue weighted by molar-refractivity contribution is 5.71. The fourth-order valence-corrected chi connectivity index (χ4v) is 2.93. The monoisotopic (exact) mass is 271 g/mol. The molecule has 1 fully saturated rings. The molecule has 0 saturated heterocycles. The molecule has 0 aromatic carbocycles. The topological polar surface area (TPSA) is 66.8 Å². The Morgan fingerprint density at radius 3 is 2.37 bits per heavy atom. The molecule has 1 unspecified atom stereocenters. The van der Waals surface area contributed by atoms with Gasteiger partial charge in [-0.15, -0.1) is 0 Å². The fourth-order valence-electron chi connectivity index (χ4n) is 2.93. The SMILES string of the molecule is CCOC(=O)N(CC)C(CC(=O)O)C1CCCCC1. The molecule has 1 amide bonds. The number of nitrogens with zero attached hydrogens (tertiary/aromatic N) is 1. The van der Waals surface area contributed by atoms with Gasteiger partial charge in [0.2, 0.25) is 0 Å². The van der Waals surface area contributed by atoms with Crippen LogP contribution in [0.25, 0.3) is 0 Å². The van der Waals surface area contributed by atoms with Gasteiger partial charge in [0.1, 0.15) is 0 Å². The molecule has 0 aromatic heterocycles. The number of carboxylic acid groups (broad SMARTS) is 1. The average molecular weight is 271 g/mol. The Balaban J connectivity index is 2.79. The van der Waals surface area contributed by atoms with E-state index in [1.54, 1.807) is 11.8 Å². The van der Waals surface area contributed by atoms with Crippen molar-refractivity contribution in [3.05, 3.63) is 0 Å². The van der Waals surface area contributed by atoms with Crippen molar-refractivity contribution in [3.63, 3.8) is 0 Å². The summed E-state index contributed by atoms with van der Waals surface area (Å²) in [6, 6.07) is -0.234. The Hall–Kier alpha value is -1.26. The third kappa shape index (κ3) is 4.73. The van der Waals surface area contributed by atoms with Crippen LogP contribution in [0.4, 0.5) is 4.79 Å². The summed E-state index contributed by atoms with van der Waals surface area (Å²) in [4.78, 5) is 24.6. The van der Waals surface area contributed by atoms with E-state index < -0.39 is 5.97 Å². The second-order valence-corrected chi connectivity index (χ2v) is 5.05.